The Hall–Kier alpha value is -2.57. The van der Waals surface area contributed by atoms with E-state index in [0.29, 0.717) is 29.5 Å². The highest BCUT2D eigenvalue weighted by molar-refractivity contribution is 6.30. The van der Waals surface area contributed by atoms with Gasteiger partial charge in [0.1, 0.15) is 12.4 Å². The molecule has 0 saturated heterocycles. The Kier molecular flexibility index (Phi) is 4.45. The Labute approximate surface area is 137 Å². The second kappa shape index (κ2) is 6.68. The smallest absolute Gasteiger partial charge is 0.274 e. The van der Waals surface area contributed by atoms with Crippen LogP contribution in [-0.2, 0) is 6.54 Å². The molecule has 0 aliphatic rings. The summed E-state index contributed by atoms with van der Waals surface area (Å²) in [5.41, 5.74) is 3.54. The third-order valence-corrected chi connectivity index (χ3v) is 3.62. The van der Waals surface area contributed by atoms with E-state index in [1.807, 2.05) is 16.7 Å². The number of nitrogens with one attached hydrogen (secondary N) is 1. The summed E-state index contributed by atoms with van der Waals surface area (Å²) in [5, 5.41) is 9.34. The number of carbonyl (C=O) groups is 1. The van der Waals surface area contributed by atoms with E-state index in [1.54, 1.807) is 42.1 Å². The quantitative estimate of drug-likeness (QED) is 0.557. The molecule has 6 nitrogen and oxygen atoms in total. The van der Waals surface area contributed by atoms with Crippen molar-refractivity contribution in [2.45, 2.75) is 6.54 Å². The van der Waals surface area contributed by atoms with Gasteiger partial charge in [0.15, 0.2) is 0 Å². The van der Waals surface area contributed by atoms with Crippen LogP contribution in [0.4, 0.5) is 0 Å². The molecule has 1 aromatic heterocycles. The maximum atomic E-state index is 11.5. The van der Waals surface area contributed by atoms with Crippen LogP contribution < -0.4 is 10.2 Å². The lowest BCUT2D eigenvalue weighted by Gasteiger charge is -2.08. The molecule has 3 aromatic rings. The fraction of sp³-hybridized carbons (Fsp3) is 0.125. The molecule has 1 amide bonds. The molecule has 0 fully saturated rings. The van der Waals surface area contributed by atoms with Crippen LogP contribution in [0.3, 0.4) is 0 Å². The summed E-state index contributed by atoms with van der Waals surface area (Å²) in [6, 6.07) is 12.2. The van der Waals surface area contributed by atoms with Crippen molar-refractivity contribution in [2.24, 2.45) is 0 Å². The normalized spacial score (nSPS) is 10.7. The van der Waals surface area contributed by atoms with E-state index in [1.165, 1.54) is 0 Å². The lowest BCUT2D eigenvalue weighted by atomic mass is 10.2. The van der Waals surface area contributed by atoms with E-state index in [-0.39, 0.29) is 0 Å². The highest BCUT2D eigenvalue weighted by Gasteiger charge is 2.08. The number of imidazole rings is 1. The first-order chi connectivity index (χ1) is 11.2. The van der Waals surface area contributed by atoms with Gasteiger partial charge in [-0.2, -0.15) is 0 Å². The van der Waals surface area contributed by atoms with Crippen LogP contribution in [0.15, 0.2) is 48.8 Å². The van der Waals surface area contributed by atoms with Gasteiger partial charge < -0.3 is 9.30 Å². The number of benzene rings is 2. The zero-order valence-electron chi connectivity index (χ0n) is 12.1. The summed E-state index contributed by atoms with van der Waals surface area (Å²) in [6.45, 7) is 0.995. The number of aromatic nitrogens is 2. The topological polar surface area (TPSA) is 76.4 Å². The molecule has 0 radical (unpaired) electrons. The van der Waals surface area contributed by atoms with Crippen molar-refractivity contribution < 1.29 is 14.7 Å². The molecule has 2 aromatic carbocycles. The largest absolute Gasteiger partial charge is 0.492 e. The second-order valence-electron chi connectivity index (χ2n) is 4.89. The van der Waals surface area contributed by atoms with E-state index >= 15 is 0 Å². The molecule has 2 N–H and O–H groups in total. The van der Waals surface area contributed by atoms with Gasteiger partial charge in [-0.1, -0.05) is 17.7 Å². The van der Waals surface area contributed by atoms with E-state index in [0.717, 1.165) is 11.0 Å². The number of nitrogens with zero attached hydrogens (tertiary/aromatic N) is 2. The molecule has 3 rings (SSSR count). The number of amides is 1. The monoisotopic (exact) mass is 331 g/mol. The predicted molar refractivity (Wildman–Crippen MR) is 85.9 cm³/mol. The van der Waals surface area contributed by atoms with Gasteiger partial charge in [0.05, 0.1) is 23.9 Å². The lowest BCUT2D eigenvalue weighted by molar-refractivity contribution is 0.0706. The number of ether oxygens (including phenoxy) is 1. The summed E-state index contributed by atoms with van der Waals surface area (Å²) < 4.78 is 7.54. The maximum absolute atomic E-state index is 11.5. The third-order valence-electron chi connectivity index (χ3n) is 3.38. The molecule has 118 valence electrons. The van der Waals surface area contributed by atoms with Crippen LogP contribution in [0.1, 0.15) is 10.4 Å². The van der Waals surface area contributed by atoms with Crippen molar-refractivity contribution in [2.75, 3.05) is 6.61 Å². The molecular weight excluding hydrogens is 318 g/mol. The van der Waals surface area contributed by atoms with Gasteiger partial charge in [-0.3, -0.25) is 10.0 Å². The van der Waals surface area contributed by atoms with Crippen molar-refractivity contribution in [3.05, 3.63) is 59.4 Å². The van der Waals surface area contributed by atoms with Crippen LogP contribution >= 0.6 is 11.6 Å². The van der Waals surface area contributed by atoms with Crippen molar-refractivity contribution in [3.8, 4) is 5.75 Å². The van der Waals surface area contributed by atoms with Crippen molar-refractivity contribution in [3.63, 3.8) is 0 Å². The number of hydroxylamine groups is 1. The first kappa shape index (κ1) is 15.3. The van der Waals surface area contributed by atoms with Crippen LogP contribution in [0.25, 0.3) is 11.0 Å². The average molecular weight is 332 g/mol. The van der Waals surface area contributed by atoms with E-state index in [9.17, 15) is 4.79 Å². The van der Waals surface area contributed by atoms with Crippen LogP contribution in [0.5, 0.6) is 5.75 Å². The average Bonchev–Trinajstić information content (AvgIpc) is 2.96. The van der Waals surface area contributed by atoms with Gasteiger partial charge in [0, 0.05) is 10.6 Å². The lowest BCUT2D eigenvalue weighted by Crippen LogP contribution is -2.18. The van der Waals surface area contributed by atoms with Crippen molar-refractivity contribution >= 4 is 28.5 Å². The van der Waals surface area contributed by atoms with E-state index < -0.39 is 5.91 Å². The van der Waals surface area contributed by atoms with Gasteiger partial charge in [-0.25, -0.2) is 10.5 Å². The minimum Gasteiger partial charge on any atom is -0.492 e. The second-order valence-corrected chi connectivity index (χ2v) is 5.32. The fourth-order valence-corrected chi connectivity index (χ4v) is 2.44. The molecule has 0 bridgehead atoms. The Bertz CT molecular complexity index is 847. The van der Waals surface area contributed by atoms with Gasteiger partial charge >= 0.3 is 0 Å². The van der Waals surface area contributed by atoms with Crippen LogP contribution in [0.2, 0.25) is 5.02 Å². The summed E-state index contributed by atoms with van der Waals surface area (Å²) in [4.78, 5) is 15.8. The van der Waals surface area contributed by atoms with Crippen molar-refractivity contribution in [1.29, 1.82) is 0 Å². The first-order valence-corrected chi connectivity index (χ1v) is 7.33. The number of fused-ring (bicyclic) bond motifs is 1. The molecule has 0 saturated carbocycles. The van der Waals surface area contributed by atoms with E-state index in [2.05, 4.69) is 4.98 Å². The minimum atomic E-state index is -0.560. The summed E-state index contributed by atoms with van der Waals surface area (Å²) >= 11 is 5.91. The maximum Gasteiger partial charge on any atom is 0.274 e. The molecule has 0 aliphatic carbocycles. The summed E-state index contributed by atoms with van der Waals surface area (Å²) in [7, 11) is 0. The van der Waals surface area contributed by atoms with Crippen LogP contribution in [-0.4, -0.2) is 27.3 Å². The molecular formula is C16H14ClN3O3. The molecule has 7 heteroatoms. The minimum absolute atomic E-state index is 0.359. The Balaban J connectivity index is 1.73. The molecule has 23 heavy (non-hydrogen) atoms. The molecule has 0 aliphatic heterocycles. The molecule has 0 spiro atoms. The summed E-state index contributed by atoms with van der Waals surface area (Å²) in [5.74, 6) is 0.136. The van der Waals surface area contributed by atoms with Gasteiger partial charge in [0.25, 0.3) is 5.91 Å². The van der Waals surface area contributed by atoms with Gasteiger partial charge in [0.2, 0.25) is 0 Å². The Morgan fingerprint density at radius 1 is 1.30 bits per heavy atom. The fourth-order valence-electron chi connectivity index (χ4n) is 2.26. The molecule has 0 unspecified atom stereocenters. The highest BCUT2D eigenvalue weighted by Crippen LogP contribution is 2.18. The highest BCUT2D eigenvalue weighted by atomic mass is 35.5. The Morgan fingerprint density at radius 2 is 2.17 bits per heavy atom. The third kappa shape index (κ3) is 3.44. The number of rotatable bonds is 5. The summed E-state index contributed by atoms with van der Waals surface area (Å²) in [6.07, 6.45) is 1.69. The zero-order chi connectivity index (χ0) is 16.2. The van der Waals surface area contributed by atoms with Gasteiger partial charge in [-0.15, -0.1) is 0 Å². The van der Waals surface area contributed by atoms with Gasteiger partial charge in [-0.05, 0) is 36.4 Å². The Morgan fingerprint density at radius 3 is 2.96 bits per heavy atom. The standard InChI is InChI=1S/C16H14ClN3O3/c17-12-2-1-3-13(9-12)23-7-6-20-10-18-14-5-4-11(8-15(14)20)16(21)19-22/h1-5,8-10,22H,6-7H2,(H,19,21). The van der Waals surface area contributed by atoms with E-state index in [4.69, 9.17) is 21.5 Å². The number of hydrogen-bond donors (Lipinski definition) is 2. The number of hydrogen-bond acceptors (Lipinski definition) is 4. The first-order valence-electron chi connectivity index (χ1n) is 6.95. The molecule has 0 atom stereocenters. The predicted octanol–water partition coefficient (Wildman–Crippen LogP) is 2.89. The number of carbonyl (C=O) groups excluding carboxylic acids is 1. The zero-order valence-corrected chi connectivity index (χ0v) is 12.8. The number of halogens is 1. The SMILES string of the molecule is O=C(NO)c1ccc2ncn(CCOc3cccc(Cl)c3)c2c1. The van der Waals surface area contributed by atoms with Crippen LogP contribution in [0, 0.1) is 0 Å². The molecule has 1 heterocycles. The van der Waals surface area contributed by atoms with Crippen molar-refractivity contribution in [1.82, 2.24) is 15.0 Å².